The lowest BCUT2D eigenvalue weighted by atomic mass is 9.80. The van der Waals surface area contributed by atoms with Crippen LogP contribution in [0.15, 0.2) is 0 Å². The van der Waals surface area contributed by atoms with E-state index in [9.17, 15) is 4.79 Å². The normalized spacial score (nSPS) is 32.9. The Balaban J connectivity index is 2.24. The van der Waals surface area contributed by atoms with Gasteiger partial charge >= 0.3 is 5.97 Å². The van der Waals surface area contributed by atoms with Crippen LogP contribution >= 0.6 is 0 Å². The number of carboxylic acid groups (broad SMARTS) is 1. The number of hydrogen-bond acceptors (Lipinski definition) is 2. The first-order valence-electron chi connectivity index (χ1n) is 5.54. The second-order valence-corrected chi connectivity index (χ2v) is 4.60. The summed E-state index contributed by atoms with van der Waals surface area (Å²) in [5.41, 5.74) is 0. The minimum absolute atomic E-state index is 0.234. The molecule has 0 amide bonds. The topological polar surface area (TPSA) is 49.3 Å². The van der Waals surface area contributed by atoms with Crippen LogP contribution in [0.3, 0.4) is 0 Å². The Kier molecular flexibility index (Phi) is 4.39. The van der Waals surface area contributed by atoms with Crippen molar-refractivity contribution >= 4 is 5.97 Å². The van der Waals surface area contributed by atoms with Crippen molar-refractivity contribution in [1.29, 1.82) is 0 Å². The van der Waals surface area contributed by atoms with Crippen LogP contribution in [0.25, 0.3) is 0 Å². The zero-order chi connectivity index (χ0) is 10.6. The fraction of sp³-hybridized carbons (Fsp3) is 0.909. The van der Waals surface area contributed by atoms with Crippen molar-refractivity contribution in [3.63, 3.8) is 0 Å². The van der Waals surface area contributed by atoms with Gasteiger partial charge in [0, 0.05) is 12.6 Å². The third-order valence-electron chi connectivity index (χ3n) is 3.20. The van der Waals surface area contributed by atoms with E-state index in [4.69, 9.17) is 5.11 Å². The Hall–Kier alpha value is -0.570. The van der Waals surface area contributed by atoms with E-state index >= 15 is 0 Å². The second-order valence-electron chi connectivity index (χ2n) is 4.60. The van der Waals surface area contributed by atoms with Crippen LogP contribution in [0.1, 0.15) is 39.5 Å². The van der Waals surface area contributed by atoms with Crippen molar-refractivity contribution in [1.82, 2.24) is 5.32 Å². The molecule has 1 aliphatic rings. The lowest BCUT2D eigenvalue weighted by Crippen LogP contribution is -2.40. The van der Waals surface area contributed by atoms with Gasteiger partial charge in [-0.3, -0.25) is 4.79 Å². The Morgan fingerprint density at radius 1 is 1.43 bits per heavy atom. The molecule has 0 saturated heterocycles. The Morgan fingerprint density at radius 2 is 2.14 bits per heavy atom. The van der Waals surface area contributed by atoms with E-state index in [-0.39, 0.29) is 6.42 Å². The average molecular weight is 199 g/mol. The van der Waals surface area contributed by atoms with Crippen LogP contribution in [0.2, 0.25) is 0 Å². The minimum atomic E-state index is -0.714. The van der Waals surface area contributed by atoms with E-state index in [2.05, 4.69) is 19.2 Å². The second kappa shape index (κ2) is 5.35. The average Bonchev–Trinajstić information content (AvgIpc) is 2.10. The number of aliphatic carboxylic acids is 1. The molecule has 0 aliphatic heterocycles. The highest BCUT2D eigenvalue weighted by Gasteiger charge is 2.24. The van der Waals surface area contributed by atoms with Crippen molar-refractivity contribution < 1.29 is 9.90 Å². The molecule has 3 unspecified atom stereocenters. The summed E-state index contributed by atoms with van der Waals surface area (Å²) >= 11 is 0. The van der Waals surface area contributed by atoms with Crippen LogP contribution in [0.4, 0.5) is 0 Å². The van der Waals surface area contributed by atoms with Crippen LogP contribution in [0.5, 0.6) is 0 Å². The van der Waals surface area contributed by atoms with Crippen molar-refractivity contribution in [3.8, 4) is 0 Å². The van der Waals surface area contributed by atoms with Crippen molar-refractivity contribution in [3.05, 3.63) is 0 Å². The van der Waals surface area contributed by atoms with E-state index in [1.54, 1.807) is 0 Å². The van der Waals surface area contributed by atoms with Crippen LogP contribution < -0.4 is 5.32 Å². The van der Waals surface area contributed by atoms with E-state index in [0.29, 0.717) is 18.5 Å². The van der Waals surface area contributed by atoms with Gasteiger partial charge in [0.25, 0.3) is 0 Å². The maximum atomic E-state index is 10.3. The lowest BCUT2D eigenvalue weighted by molar-refractivity contribution is -0.136. The maximum absolute atomic E-state index is 10.3. The molecule has 3 atom stereocenters. The maximum Gasteiger partial charge on any atom is 0.304 e. The molecule has 0 aromatic rings. The van der Waals surface area contributed by atoms with Crippen LogP contribution in [-0.4, -0.2) is 23.7 Å². The molecule has 82 valence electrons. The van der Waals surface area contributed by atoms with Gasteiger partial charge in [0.1, 0.15) is 0 Å². The Bertz CT molecular complexity index is 194. The summed E-state index contributed by atoms with van der Waals surface area (Å²) in [4.78, 5) is 10.3. The number of nitrogens with one attached hydrogen (secondary N) is 1. The SMILES string of the molecule is CC1CCC(C)C(NCCC(=O)O)C1. The molecule has 3 nitrogen and oxygen atoms in total. The quantitative estimate of drug-likeness (QED) is 0.726. The summed E-state index contributed by atoms with van der Waals surface area (Å²) < 4.78 is 0. The van der Waals surface area contributed by atoms with Crippen molar-refractivity contribution in [2.75, 3.05) is 6.54 Å². The largest absolute Gasteiger partial charge is 0.481 e. The summed E-state index contributed by atoms with van der Waals surface area (Å²) in [6, 6.07) is 0.526. The van der Waals surface area contributed by atoms with Gasteiger partial charge in [0.2, 0.25) is 0 Å². The summed E-state index contributed by atoms with van der Waals surface area (Å²) in [6.45, 7) is 5.14. The van der Waals surface area contributed by atoms with Gasteiger partial charge in [-0.05, 0) is 24.7 Å². The monoisotopic (exact) mass is 199 g/mol. The fourth-order valence-electron chi connectivity index (χ4n) is 2.18. The highest BCUT2D eigenvalue weighted by Crippen LogP contribution is 2.28. The molecule has 0 bridgehead atoms. The first kappa shape index (κ1) is 11.5. The van der Waals surface area contributed by atoms with Gasteiger partial charge in [-0.25, -0.2) is 0 Å². The Labute approximate surface area is 85.9 Å². The van der Waals surface area contributed by atoms with Gasteiger partial charge in [0.05, 0.1) is 6.42 Å². The summed E-state index contributed by atoms with van der Waals surface area (Å²) in [7, 11) is 0. The van der Waals surface area contributed by atoms with E-state index in [1.807, 2.05) is 0 Å². The predicted molar refractivity (Wildman–Crippen MR) is 56.2 cm³/mol. The van der Waals surface area contributed by atoms with Gasteiger partial charge < -0.3 is 10.4 Å². The molecule has 1 aliphatic carbocycles. The molecule has 0 aromatic heterocycles. The molecular weight excluding hydrogens is 178 g/mol. The molecule has 2 N–H and O–H groups in total. The van der Waals surface area contributed by atoms with Crippen molar-refractivity contribution in [2.45, 2.75) is 45.6 Å². The summed E-state index contributed by atoms with van der Waals surface area (Å²) in [6.07, 6.45) is 4.02. The minimum Gasteiger partial charge on any atom is -0.481 e. The van der Waals surface area contributed by atoms with Gasteiger partial charge in [0.15, 0.2) is 0 Å². The molecule has 0 radical (unpaired) electrons. The predicted octanol–water partition coefficient (Wildman–Crippen LogP) is 1.88. The molecule has 0 spiro atoms. The number of carbonyl (C=O) groups is 1. The standard InChI is InChI=1S/C11H21NO2/c1-8-3-4-9(2)10(7-8)12-6-5-11(13)14/h8-10,12H,3-7H2,1-2H3,(H,13,14). The van der Waals surface area contributed by atoms with E-state index < -0.39 is 5.97 Å². The number of carboxylic acids is 1. The highest BCUT2D eigenvalue weighted by atomic mass is 16.4. The molecule has 0 aromatic carbocycles. The Morgan fingerprint density at radius 3 is 2.79 bits per heavy atom. The molecule has 1 fully saturated rings. The molecule has 14 heavy (non-hydrogen) atoms. The molecular formula is C11H21NO2. The van der Waals surface area contributed by atoms with E-state index in [0.717, 1.165) is 5.92 Å². The smallest absolute Gasteiger partial charge is 0.304 e. The summed E-state index contributed by atoms with van der Waals surface area (Å²) in [5.74, 6) is 0.766. The lowest BCUT2D eigenvalue weighted by Gasteiger charge is -2.33. The highest BCUT2D eigenvalue weighted by molar-refractivity contribution is 5.66. The third-order valence-corrected chi connectivity index (χ3v) is 3.20. The first-order valence-corrected chi connectivity index (χ1v) is 5.54. The van der Waals surface area contributed by atoms with Gasteiger partial charge in [-0.2, -0.15) is 0 Å². The number of hydrogen-bond donors (Lipinski definition) is 2. The molecule has 0 heterocycles. The molecule has 3 heteroatoms. The number of rotatable bonds is 4. The zero-order valence-corrected chi connectivity index (χ0v) is 9.12. The first-order chi connectivity index (χ1) is 6.59. The van der Waals surface area contributed by atoms with Crippen LogP contribution in [0, 0.1) is 11.8 Å². The molecule has 1 rings (SSSR count). The van der Waals surface area contributed by atoms with Gasteiger partial charge in [-0.15, -0.1) is 0 Å². The third kappa shape index (κ3) is 3.66. The van der Waals surface area contributed by atoms with E-state index in [1.165, 1.54) is 19.3 Å². The van der Waals surface area contributed by atoms with Crippen LogP contribution in [-0.2, 0) is 4.79 Å². The fourth-order valence-corrected chi connectivity index (χ4v) is 2.18. The van der Waals surface area contributed by atoms with Gasteiger partial charge in [-0.1, -0.05) is 20.3 Å². The zero-order valence-electron chi connectivity index (χ0n) is 9.12. The van der Waals surface area contributed by atoms with Crippen molar-refractivity contribution in [2.24, 2.45) is 11.8 Å². The summed E-state index contributed by atoms with van der Waals surface area (Å²) in [5, 5.41) is 11.9. The molecule has 1 saturated carbocycles.